The third kappa shape index (κ3) is 2.70. The van der Waals surface area contributed by atoms with Gasteiger partial charge in [0.05, 0.1) is 26.8 Å². The lowest BCUT2D eigenvalue weighted by Gasteiger charge is -2.13. The topological polar surface area (TPSA) is 99.2 Å². The minimum atomic E-state index is -3.69. The standard InChI is InChI=1S/C19H11Cl2N5O3S/c1-30(28,29)18-22-9-10-16(24-18)25-14-8-3-2-7-13(14)23-19(25)26(17(10)27)15-11(20)5-4-6-12(15)21/h2-9H,1H3. The Morgan fingerprint density at radius 2 is 1.67 bits per heavy atom. The van der Waals surface area contributed by atoms with Gasteiger partial charge in [-0.15, -0.1) is 0 Å². The molecule has 0 bridgehead atoms. The summed E-state index contributed by atoms with van der Waals surface area (Å²) < 4.78 is 26.9. The van der Waals surface area contributed by atoms with Gasteiger partial charge in [-0.05, 0) is 24.3 Å². The summed E-state index contributed by atoms with van der Waals surface area (Å²) in [4.78, 5) is 26.1. The summed E-state index contributed by atoms with van der Waals surface area (Å²) in [7, 11) is -3.69. The number of sulfone groups is 1. The van der Waals surface area contributed by atoms with Crippen molar-refractivity contribution in [2.75, 3.05) is 6.26 Å². The predicted octanol–water partition coefficient (Wildman–Crippen LogP) is 3.29. The Morgan fingerprint density at radius 3 is 2.37 bits per heavy atom. The smallest absolute Gasteiger partial charge is 0.268 e. The fourth-order valence-electron chi connectivity index (χ4n) is 3.34. The van der Waals surface area contributed by atoms with Gasteiger partial charge in [-0.25, -0.2) is 23.0 Å². The maximum Gasteiger partial charge on any atom is 0.270 e. The van der Waals surface area contributed by atoms with E-state index < -0.39 is 15.4 Å². The third-order valence-electron chi connectivity index (χ3n) is 4.63. The van der Waals surface area contributed by atoms with Gasteiger partial charge >= 0.3 is 0 Å². The molecule has 0 amide bonds. The number of halogens is 2. The number of nitrogens with zero attached hydrogens (tertiary/aromatic N) is 5. The lowest BCUT2D eigenvalue weighted by atomic mass is 10.3. The van der Waals surface area contributed by atoms with Gasteiger partial charge in [0.1, 0.15) is 5.39 Å². The van der Waals surface area contributed by atoms with E-state index in [0.717, 1.165) is 6.26 Å². The fourth-order valence-corrected chi connectivity index (χ4v) is 4.41. The van der Waals surface area contributed by atoms with Crippen LogP contribution in [0.1, 0.15) is 0 Å². The number of hydrogen-bond acceptors (Lipinski definition) is 6. The maximum absolute atomic E-state index is 13.4. The van der Waals surface area contributed by atoms with Crippen molar-refractivity contribution >= 4 is 60.9 Å². The van der Waals surface area contributed by atoms with Gasteiger partial charge in [-0.2, -0.15) is 4.98 Å². The van der Waals surface area contributed by atoms with Crippen LogP contribution in [-0.2, 0) is 9.84 Å². The van der Waals surface area contributed by atoms with Gasteiger partial charge in [-0.1, -0.05) is 41.4 Å². The molecule has 0 aliphatic rings. The lowest BCUT2D eigenvalue weighted by Crippen LogP contribution is -2.23. The monoisotopic (exact) mass is 459 g/mol. The van der Waals surface area contributed by atoms with E-state index in [4.69, 9.17) is 23.2 Å². The molecule has 150 valence electrons. The number of fused-ring (bicyclic) bond motifs is 5. The molecule has 5 aromatic rings. The Balaban J connectivity index is 2.10. The van der Waals surface area contributed by atoms with E-state index >= 15 is 0 Å². The van der Waals surface area contributed by atoms with Crippen molar-refractivity contribution in [3.05, 3.63) is 69.1 Å². The van der Waals surface area contributed by atoms with Crippen molar-refractivity contribution in [2.45, 2.75) is 5.16 Å². The average Bonchev–Trinajstić information content (AvgIpc) is 3.08. The van der Waals surface area contributed by atoms with E-state index in [9.17, 15) is 13.2 Å². The van der Waals surface area contributed by atoms with Crippen molar-refractivity contribution < 1.29 is 8.42 Å². The molecule has 0 aliphatic carbocycles. The largest absolute Gasteiger partial charge is 0.270 e. The SMILES string of the molecule is CS(=O)(=O)c1ncc2c(=O)n(-c3c(Cl)cccc3Cl)c3nc4ccccc4n3c2n1. The molecule has 0 aliphatic heterocycles. The van der Waals surface area contributed by atoms with Crippen LogP contribution in [0.15, 0.2) is 58.6 Å². The Kier molecular flexibility index (Phi) is 4.11. The highest BCUT2D eigenvalue weighted by atomic mass is 35.5. The summed E-state index contributed by atoms with van der Waals surface area (Å²) in [5.41, 5.74) is 1.08. The second-order valence-electron chi connectivity index (χ2n) is 6.61. The van der Waals surface area contributed by atoms with E-state index in [2.05, 4.69) is 15.0 Å². The molecule has 2 aromatic carbocycles. The Bertz CT molecular complexity index is 1660. The van der Waals surface area contributed by atoms with Gasteiger partial charge < -0.3 is 0 Å². The molecule has 0 fully saturated rings. The summed E-state index contributed by atoms with van der Waals surface area (Å²) >= 11 is 12.8. The molecule has 5 rings (SSSR count). The molecule has 3 aromatic heterocycles. The van der Waals surface area contributed by atoms with Crippen LogP contribution in [0.4, 0.5) is 0 Å². The summed E-state index contributed by atoms with van der Waals surface area (Å²) in [6.07, 6.45) is 2.19. The fraction of sp³-hybridized carbons (Fsp3) is 0.0526. The van der Waals surface area contributed by atoms with Gasteiger partial charge in [0, 0.05) is 12.5 Å². The van der Waals surface area contributed by atoms with Crippen molar-refractivity contribution in [3.8, 4) is 5.69 Å². The highest BCUT2D eigenvalue weighted by Gasteiger charge is 2.22. The first kappa shape index (κ1) is 19.0. The zero-order valence-electron chi connectivity index (χ0n) is 15.2. The highest BCUT2D eigenvalue weighted by Crippen LogP contribution is 2.30. The van der Waals surface area contributed by atoms with Crippen LogP contribution in [-0.4, -0.2) is 38.6 Å². The molecule has 8 nitrogen and oxygen atoms in total. The quantitative estimate of drug-likeness (QED) is 0.375. The molecule has 0 saturated heterocycles. The summed E-state index contributed by atoms with van der Waals surface area (Å²) in [5.74, 6) is 0.196. The molecule has 3 heterocycles. The predicted molar refractivity (Wildman–Crippen MR) is 115 cm³/mol. The number of aromatic nitrogens is 5. The summed E-state index contributed by atoms with van der Waals surface area (Å²) in [5, 5.41) is 0.217. The molecule has 0 atom stereocenters. The highest BCUT2D eigenvalue weighted by molar-refractivity contribution is 7.90. The molecular formula is C19H11Cl2N5O3S. The molecule has 30 heavy (non-hydrogen) atoms. The van der Waals surface area contributed by atoms with Crippen molar-refractivity contribution in [1.29, 1.82) is 0 Å². The number of benzene rings is 2. The van der Waals surface area contributed by atoms with Crippen LogP contribution >= 0.6 is 23.2 Å². The van der Waals surface area contributed by atoms with Crippen molar-refractivity contribution in [1.82, 2.24) is 23.9 Å². The molecule has 0 unspecified atom stereocenters. The van der Waals surface area contributed by atoms with Gasteiger partial charge in [-0.3, -0.25) is 9.20 Å². The molecule has 0 spiro atoms. The number of para-hydroxylation sites is 3. The summed E-state index contributed by atoms with van der Waals surface area (Å²) in [6, 6.07) is 12.1. The number of rotatable bonds is 2. The van der Waals surface area contributed by atoms with Crippen LogP contribution < -0.4 is 5.56 Å². The Hall–Kier alpha value is -3.01. The maximum atomic E-state index is 13.4. The van der Waals surface area contributed by atoms with Crippen LogP contribution in [0, 0.1) is 0 Å². The van der Waals surface area contributed by atoms with E-state index in [0.29, 0.717) is 11.0 Å². The molecule has 0 saturated carbocycles. The minimum Gasteiger partial charge on any atom is -0.268 e. The third-order valence-corrected chi connectivity index (χ3v) is 6.10. The summed E-state index contributed by atoms with van der Waals surface area (Å²) in [6.45, 7) is 0. The van der Waals surface area contributed by atoms with Crippen LogP contribution in [0.3, 0.4) is 0 Å². The average molecular weight is 460 g/mol. The Labute approximate surface area is 179 Å². The van der Waals surface area contributed by atoms with Gasteiger partial charge in [0.15, 0.2) is 5.65 Å². The van der Waals surface area contributed by atoms with Crippen molar-refractivity contribution in [3.63, 3.8) is 0 Å². The minimum absolute atomic E-state index is 0.0917. The molecule has 0 radical (unpaired) electrons. The second kappa shape index (κ2) is 6.49. The van der Waals surface area contributed by atoms with Crippen LogP contribution in [0.2, 0.25) is 10.0 Å². The van der Waals surface area contributed by atoms with Crippen molar-refractivity contribution in [2.24, 2.45) is 0 Å². The zero-order valence-corrected chi connectivity index (χ0v) is 17.6. The Morgan fingerprint density at radius 1 is 0.967 bits per heavy atom. The van der Waals surface area contributed by atoms with Crippen LogP contribution in [0.25, 0.3) is 33.5 Å². The van der Waals surface area contributed by atoms with E-state index in [1.54, 1.807) is 46.9 Å². The van der Waals surface area contributed by atoms with Gasteiger partial charge in [0.25, 0.3) is 5.56 Å². The number of hydrogen-bond donors (Lipinski definition) is 0. The first-order chi connectivity index (χ1) is 14.3. The lowest BCUT2D eigenvalue weighted by molar-refractivity contribution is 0.593. The first-order valence-corrected chi connectivity index (χ1v) is 11.3. The molecular weight excluding hydrogens is 449 g/mol. The number of imidazole rings is 1. The molecule has 0 N–H and O–H groups in total. The normalized spacial score (nSPS) is 12.2. The van der Waals surface area contributed by atoms with Crippen LogP contribution in [0.5, 0.6) is 0 Å². The van der Waals surface area contributed by atoms with E-state index in [-0.39, 0.29) is 37.7 Å². The van der Waals surface area contributed by atoms with Gasteiger partial charge in [0.2, 0.25) is 20.8 Å². The zero-order chi connectivity index (χ0) is 21.2. The van der Waals surface area contributed by atoms with E-state index in [1.165, 1.54) is 10.8 Å². The second-order valence-corrected chi connectivity index (χ2v) is 9.33. The first-order valence-electron chi connectivity index (χ1n) is 8.61. The molecule has 11 heteroatoms. The van der Waals surface area contributed by atoms with E-state index in [1.807, 2.05) is 0 Å².